The molecule has 5 nitrogen and oxygen atoms in total. The van der Waals surface area contributed by atoms with Crippen molar-refractivity contribution in [3.05, 3.63) is 12.2 Å². The maximum atomic E-state index is 11.5. The first-order valence-corrected chi connectivity index (χ1v) is 5.02. The predicted molar refractivity (Wildman–Crippen MR) is 57.2 cm³/mol. The Morgan fingerprint density at radius 2 is 2.20 bits per heavy atom. The van der Waals surface area contributed by atoms with Gasteiger partial charge in [0.05, 0.1) is 0 Å². The fourth-order valence-corrected chi connectivity index (χ4v) is 1.09. The second-order valence-corrected chi connectivity index (χ2v) is 4.61. The molecule has 5 heteroatoms. The molecule has 0 fully saturated rings. The summed E-state index contributed by atoms with van der Waals surface area (Å²) in [5, 5.41) is 10.6. The molecule has 0 radical (unpaired) electrons. The maximum absolute atomic E-state index is 11.5. The van der Waals surface area contributed by atoms with Gasteiger partial charge in [-0.1, -0.05) is 20.8 Å². The molecule has 1 amide bonds. The molecule has 1 rings (SSSR count). The van der Waals surface area contributed by atoms with Crippen LogP contribution in [-0.2, 0) is 18.3 Å². The molecule has 1 N–H and O–H groups in total. The fraction of sp³-hybridized carbons (Fsp3) is 0.700. The molecule has 0 aromatic carbocycles. The van der Waals surface area contributed by atoms with Crippen LogP contribution < -0.4 is 5.32 Å². The zero-order valence-electron chi connectivity index (χ0n) is 9.74. The van der Waals surface area contributed by atoms with Crippen LogP contribution in [0.4, 0.5) is 0 Å². The zero-order valence-corrected chi connectivity index (χ0v) is 9.74. The van der Waals surface area contributed by atoms with Crippen molar-refractivity contribution < 1.29 is 4.79 Å². The van der Waals surface area contributed by atoms with E-state index in [1.807, 2.05) is 32.4 Å². The van der Waals surface area contributed by atoms with Gasteiger partial charge in [0.1, 0.15) is 12.2 Å². The minimum atomic E-state index is -0.333. The third-order valence-electron chi connectivity index (χ3n) is 2.12. The van der Waals surface area contributed by atoms with Crippen molar-refractivity contribution in [3.8, 4) is 0 Å². The number of hydrogen-bond acceptors (Lipinski definition) is 3. The summed E-state index contributed by atoms with van der Waals surface area (Å²) >= 11 is 0. The summed E-state index contributed by atoms with van der Waals surface area (Å²) in [4.78, 5) is 11.5. The number of aryl methyl sites for hydroxylation is 1. The molecule has 0 spiro atoms. The van der Waals surface area contributed by atoms with Crippen molar-refractivity contribution in [2.75, 3.05) is 6.54 Å². The van der Waals surface area contributed by atoms with E-state index in [9.17, 15) is 4.79 Å². The number of nitrogens with zero attached hydrogens (tertiary/aromatic N) is 3. The Balaban J connectivity index is 2.35. The molecular weight excluding hydrogens is 192 g/mol. The highest BCUT2D eigenvalue weighted by Gasteiger charge is 2.20. The van der Waals surface area contributed by atoms with Crippen molar-refractivity contribution in [1.29, 1.82) is 0 Å². The van der Waals surface area contributed by atoms with Gasteiger partial charge in [-0.2, -0.15) is 0 Å². The molecule has 0 unspecified atom stereocenters. The molecule has 0 saturated carbocycles. The van der Waals surface area contributed by atoms with Gasteiger partial charge < -0.3 is 9.88 Å². The Bertz CT molecular complexity index is 337. The Morgan fingerprint density at radius 1 is 1.53 bits per heavy atom. The first-order valence-electron chi connectivity index (χ1n) is 5.02. The third kappa shape index (κ3) is 3.34. The van der Waals surface area contributed by atoms with Crippen LogP contribution >= 0.6 is 0 Å². The Hall–Kier alpha value is -1.39. The van der Waals surface area contributed by atoms with Gasteiger partial charge >= 0.3 is 0 Å². The number of carbonyl (C=O) groups is 1. The topological polar surface area (TPSA) is 59.8 Å². The summed E-state index contributed by atoms with van der Waals surface area (Å²) in [7, 11) is 1.89. The van der Waals surface area contributed by atoms with Gasteiger partial charge in [-0.3, -0.25) is 4.79 Å². The molecule has 0 atom stereocenters. The summed E-state index contributed by atoms with van der Waals surface area (Å²) in [6.07, 6.45) is 2.36. The molecule has 0 aliphatic heterocycles. The van der Waals surface area contributed by atoms with Crippen molar-refractivity contribution in [1.82, 2.24) is 20.1 Å². The minimum absolute atomic E-state index is 0.0599. The minimum Gasteiger partial charge on any atom is -0.355 e. The van der Waals surface area contributed by atoms with E-state index in [2.05, 4.69) is 15.5 Å². The van der Waals surface area contributed by atoms with Crippen LogP contribution in [0.15, 0.2) is 6.33 Å². The van der Waals surface area contributed by atoms with E-state index in [1.165, 1.54) is 0 Å². The summed E-state index contributed by atoms with van der Waals surface area (Å²) in [5.41, 5.74) is -0.333. The molecule has 0 bridgehead atoms. The standard InChI is InChI=1S/C10H18N4O/c1-10(2,3)9(15)11-6-5-8-13-12-7-14(8)4/h7H,5-6H2,1-4H3,(H,11,15). The normalized spacial score (nSPS) is 11.5. The molecule has 84 valence electrons. The maximum Gasteiger partial charge on any atom is 0.225 e. The molecule has 0 saturated heterocycles. The average Bonchev–Trinajstić information content (AvgIpc) is 2.50. The summed E-state index contributed by atoms with van der Waals surface area (Å²) < 4.78 is 1.85. The smallest absolute Gasteiger partial charge is 0.225 e. The highest BCUT2D eigenvalue weighted by atomic mass is 16.2. The van der Waals surface area contributed by atoms with Gasteiger partial charge in [0, 0.05) is 25.4 Å². The molecule has 1 aromatic heterocycles. The van der Waals surface area contributed by atoms with E-state index in [0.717, 1.165) is 5.82 Å². The van der Waals surface area contributed by atoms with Gasteiger partial charge in [-0.25, -0.2) is 0 Å². The van der Waals surface area contributed by atoms with Crippen molar-refractivity contribution in [3.63, 3.8) is 0 Å². The monoisotopic (exact) mass is 210 g/mol. The van der Waals surface area contributed by atoms with Crippen LogP contribution in [0.3, 0.4) is 0 Å². The molecule has 0 aliphatic rings. The number of nitrogens with one attached hydrogen (secondary N) is 1. The van der Waals surface area contributed by atoms with Crippen LogP contribution in [0.5, 0.6) is 0 Å². The van der Waals surface area contributed by atoms with E-state index in [-0.39, 0.29) is 11.3 Å². The molecule has 1 aromatic rings. The molecule has 1 heterocycles. The van der Waals surface area contributed by atoms with Gasteiger partial charge in [-0.15, -0.1) is 10.2 Å². The van der Waals surface area contributed by atoms with E-state index in [0.29, 0.717) is 13.0 Å². The Kier molecular flexibility index (Phi) is 3.44. The molecular formula is C10H18N4O. The van der Waals surface area contributed by atoms with Crippen LogP contribution in [0.2, 0.25) is 0 Å². The highest BCUT2D eigenvalue weighted by molar-refractivity contribution is 5.81. The van der Waals surface area contributed by atoms with Gasteiger partial charge in [0.25, 0.3) is 0 Å². The second kappa shape index (κ2) is 4.42. The summed E-state index contributed by atoms with van der Waals surface area (Å²) in [5.74, 6) is 0.939. The lowest BCUT2D eigenvalue weighted by Crippen LogP contribution is -2.36. The quantitative estimate of drug-likeness (QED) is 0.791. The number of rotatable bonds is 3. The van der Waals surface area contributed by atoms with Crippen LogP contribution in [-0.4, -0.2) is 27.2 Å². The average molecular weight is 210 g/mol. The van der Waals surface area contributed by atoms with Gasteiger partial charge in [0.15, 0.2) is 0 Å². The second-order valence-electron chi connectivity index (χ2n) is 4.61. The lowest BCUT2D eigenvalue weighted by Gasteiger charge is -2.17. The number of carbonyl (C=O) groups excluding carboxylic acids is 1. The first-order chi connectivity index (χ1) is 6.91. The number of hydrogen-bond donors (Lipinski definition) is 1. The van der Waals surface area contributed by atoms with Gasteiger partial charge in [0.2, 0.25) is 5.91 Å². The third-order valence-corrected chi connectivity index (χ3v) is 2.12. The fourth-order valence-electron chi connectivity index (χ4n) is 1.09. The Morgan fingerprint density at radius 3 is 2.67 bits per heavy atom. The number of aromatic nitrogens is 3. The molecule has 15 heavy (non-hydrogen) atoms. The van der Waals surface area contributed by atoms with Crippen molar-refractivity contribution in [2.24, 2.45) is 12.5 Å². The first kappa shape index (κ1) is 11.7. The van der Waals surface area contributed by atoms with E-state index >= 15 is 0 Å². The zero-order chi connectivity index (χ0) is 11.5. The van der Waals surface area contributed by atoms with Gasteiger partial charge in [-0.05, 0) is 0 Å². The Labute approximate surface area is 89.9 Å². The van der Waals surface area contributed by atoms with Crippen LogP contribution in [0.25, 0.3) is 0 Å². The van der Waals surface area contributed by atoms with E-state index < -0.39 is 0 Å². The predicted octanol–water partition coefficient (Wildman–Crippen LogP) is 0.520. The highest BCUT2D eigenvalue weighted by Crippen LogP contribution is 2.12. The van der Waals surface area contributed by atoms with Crippen LogP contribution in [0, 0.1) is 5.41 Å². The van der Waals surface area contributed by atoms with Crippen molar-refractivity contribution >= 4 is 5.91 Å². The summed E-state index contributed by atoms with van der Waals surface area (Å²) in [6.45, 7) is 6.28. The van der Waals surface area contributed by atoms with E-state index in [4.69, 9.17) is 0 Å². The SMILES string of the molecule is Cn1cnnc1CCNC(=O)C(C)(C)C. The lowest BCUT2D eigenvalue weighted by molar-refractivity contribution is -0.128. The van der Waals surface area contributed by atoms with E-state index in [1.54, 1.807) is 6.33 Å². The van der Waals surface area contributed by atoms with Crippen molar-refractivity contribution in [2.45, 2.75) is 27.2 Å². The van der Waals surface area contributed by atoms with Crippen LogP contribution in [0.1, 0.15) is 26.6 Å². The number of amides is 1. The summed E-state index contributed by atoms with van der Waals surface area (Å²) in [6, 6.07) is 0. The lowest BCUT2D eigenvalue weighted by atomic mass is 9.96. The molecule has 0 aliphatic carbocycles. The largest absolute Gasteiger partial charge is 0.355 e.